The van der Waals surface area contributed by atoms with Crippen LogP contribution in [0.4, 0.5) is 0 Å². The second-order valence-corrected chi connectivity index (χ2v) is 3.33. The molecule has 14 heavy (non-hydrogen) atoms. The lowest BCUT2D eigenvalue weighted by atomic mass is 9.98. The fourth-order valence-electron chi connectivity index (χ4n) is 1.65. The van der Waals surface area contributed by atoms with E-state index in [-0.39, 0.29) is 11.5 Å². The molecule has 0 bridgehead atoms. The van der Waals surface area contributed by atoms with E-state index in [1.165, 1.54) is 12.1 Å². The minimum absolute atomic E-state index is 0.262. The highest BCUT2D eigenvalue weighted by molar-refractivity contribution is 5.49. The number of phenolic OH excluding ortho intramolecular Hbond substituents is 2. The van der Waals surface area contributed by atoms with Gasteiger partial charge >= 0.3 is 0 Å². The monoisotopic (exact) mass is 188 g/mol. The zero-order valence-electron chi connectivity index (χ0n) is 7.77. The van der Waals surface area contributed by atoms with Gasteiger partial charge in [0.05, 0.1) is 0 Å². The zero-order chi connectivity index (χ0) is 9.97. The van der Waals surface area contributed by atoms with Crippen molar-refractivity contribution in [2.75, 3.05) is 0 Å². The Kier molecular flexibility index (Phi) is 2.27. The minimum atomic E-state index is 0.262. The van der Waals surface area contributed by atoms with Crippen molar-refractivity contribution in [2.24, 2.45) is 0 Å². The van der Waals surface area contributed by atoms with Crippen molar-refractivity contribution in [1.29, 1.82) is 0 Å². The molecule has 0 saturated heterocycles. The van der Waals surface area contributed by atoms with Gasteiger partial charge in [-0.1, -0.05) is 24.3 Å². The van der Waals surface area contributed by atoms with Crippen molar-refractivity contribution < 1.29 is 10.2 Å². The van der Waals surface area contributed by atoms with Gasteiger partial charge in [0.15, 0.2) is 0 Å². The summed E-state index contributed by atoms with van der Waals surface area (Å²) in [6.07, 6.45) is 9.17. The first kappa shape index (κ1) is 8.88. The Balaban J connectivity index is 2.56. The third-order valence-corrected chi connectivity index (χ3v) is 2.41. The molecule has 0 fully saturated rings. The second kappa shape index (κ2) is 3.58. The molecule has 1 aliphatic carbocycles. The normalized spacial score (nSPS) is 19.1. The molecular weight excluding hydrogens is 176 g/mol. The topological polar surface area (TPSA) is 40.5 Å². The van der Waals surface area contributed by atoms with Crippen molar-refractivity contribution in [2.45, 2.75) is 12.8 Å². The molecule has 0 aromatic heterocycles. The lowest BCUT2D eigenvalue weighted by molar-refractivity contribution is 0.450. The van der Waals surface area contributed by atoms with Crippen molar-refractivity contribution in [3.63, 3.8) is 0 Å². The summed E-state index contributed by atoms with van der Waals surface area (Å²) in [6.45, 7) is 0. The highest BCUT2D eigenvalue weighted by atomic mass is 16.3. The second-order valence-electron chi connectivity index (χ2n) is 3.33. The van der Waals surface area contributed by atoms with Crippen LogP contribution in [-0.2, 0) is 12.8 Å². The van der Waals surface area contributed by atoms with Crippen LogP contribution >= 0.6 is 0 Å². The molecule has 0 amide bonds. The Morgan fingerprint density at radius 2 is 1.21 bits per heavy atom. The van der Waals surface area contributed by atoms with Crippen molar-refractivity contribution in [3.8, 4) is 11.5 Å². The van der Waals surface area contributed by atoms with Gasteiger partial charge < -0.3 is 10.2 Å². The maximum absolute atomic E-state index is 9.63. The zero-order valence-corrected chi connectivity index (χ0v) is 7.77. The van der Waals surface area contributed by atoms with E-state index in [1.54, 1.807) is 0 Å². The van der Waals surface area contributed by atoms with Gasteiger partial charge in [0.1, 0.15) is 11.5 Å². The average Bonchev–Trinajstić information content (AvgIpc) is 2.11. The Morgan fingerprint density at radius 1 is 0.786 bits per heavy atom. The Labute approximate surface area is 82.8 Å². The molecule has 1 aromatic carbocycles. The molecular formula is C12H12O2. The van der Waals surface area contributed by atoms with E-state index in [2.05, 4.69) is 0 Å². The predicted molar refractivity (Wildman–Crippen MR) is 55.5 cm³/mol. The van der Waals surface area contributed by atoms with Gasteiger partial charge in [-0.25, -0.2) is 0 Å². The number of rotatable bonds is 0. The number of hydrogen-bond donors (Lipinski definition) is 2. The van der Waals surface area contributed by atoms with E-state index in [1.807, 2.05) is 24.3 Å². The average molecular weight is 188 g/mol. The van der Waals surface area contributed by atoms with E-state index >= 15 is 0 Å². The van der Waals surface area contributed by atoms with Crippen LogP contribution in [0.25, 0.3) is 0 Å². The molecule has 1 aliphatic rings. The van der Waals surface area contributed by atoms with E-state index in [4.69, 9.17) is 0 Å². The summed E-state index contributed by atoms with van der Waals surface area (Å²) in [7, 11) is 0. The maximum atomic E-state index is 9.63. The molecule has 0 atom stereocenters. The number of fused-ring (bicyclic) bond motifs is 1. The van der Waals surface area contributed by atoms with Crippen LogP contribution in [0.15, 0.2) is 36.4 Å². The quantitative estimate of drug-likeness (QED) is 0.613. The first-order valence-electron chi connectivity index (χ1n) is 4.63. The molecule has 0 aliphatic heterocycles. The molecule has 0 unspecified atom stereocenters. The molecule has 2 N–H and O–H groups in total. The number of benzene rings is 1. The lowest BCUT2D eigenvalue weighted by Crippen LogP contribution is -1.94. The number of phenols is 2. The van der Waals surface area contributed by atoms with Gasteiger partial charge in [-0.2, -0.15) is 0 Å². The van der Waals surface area contributed by atoms with E-state index < -0.39 is 0 Å². The Hall–Kier alpha value is -1.70. The molecule has 2 rings (SSSR count). The summed E-state index contributed by atoms with van der Waals surface area (Å²) in [5.74, 6) is 0.524. The number of hydrogen-bond acceptors (Lipinski definition) is 2. The Morgan fingerprint density at radius 3 is 1.64 bits per heavy atom. The minimum Gasteiger partial charge on any atom is -0.508 e. The summed E-state index contributed by atoms with van der Waals surface area (Å²) < 4.78 is 0. The smallest absolute Gasteiger partial charge is 0.119 e. The predicted octanol–water partition coefficient (Wildman–Crippen LogP) is 2.31. The highest BCUT2D eigenvalue weighted by Crippen LogP contribution is 2.30. The molecule has 0 heterocycles. The summed E-state index contributed by atoms with van der Waals surface area (Å²) in [5.41, 5.74) is 1.65. The molecule has 1 aromatic rings. The summed E-state index contributed by atoms with van der Waals surface area (Å²) >= 11 is 0. The van der Waals surface area contributed by atoms with Crippen molar-refractivity contribution >= 4 is 0 Å². The largest absolute Gasteiger partial charge is 0.508 e. The van der Waals surface area contributed by atoms with Gasteiger partial charge in [-0.05, 0) is 25.0 Å². The van der Waals surface area contributed by atoms with Crippen molar-refractivity contribution in [1.82, 2.24) is 0 Å². The van der Waals surface area contributed by atoms with Crippen LogP contribution in [-0.4, -0.2) is 10.2 Å². The molecule has 0 saturated carbocycles. The first-order chi connectivity index (χ1) is 6.79. The highest BCUT2D eigenvalue weighted by Gasteiger charge is 2.10. The standard InChI is InChI=1S/C12H12O2/c13-11-7-8-12(14)10-6-4-2-1-3-5-9(10)11/h1-4,7-8,13-14H,5-6H2/b3-1-,4-2-. The summed E-state index contributed by atoms with van der Waals surface area (Å²) in [5, 5.41) is 19.3. The molecule has 72 valence electrons. The van der Waals surface area contributed by atoms with Gasteiger partial charge in [0.2, 0.25) is 0 Å². The number of aromatic hydroxyl groups is 2. The van der Waals surface area contributed by atoms with Gasteiger partial charge in [0, 0.05) is 11.1 Å². The SMILES string of the molecule is Oc1ccc(O)c2c1C/C=C\C=C/C2. The van der Waals surface area contributed by atoms with Crippen molar-refractivity contribution in [3.05, 3.63) is 47.6 Å². The summed E-state index contributed by atoms with van der Waals surface area (Å²) in [4.78, 5) is 0. The number of allylic oxidation sites excluding steroid dienone is 4. The third-order valence-electron chi connectivity index (χ3n) is 2.41. The van der Waals surface area contributed by atoms with Gasteiger partial charge in [-0.3, -0.25) is 0 Å². The fraction of sp³-hybridized carbons (Fsp3) is 0.167. The maximum Gasteiger partial charge on any atom is 0.119 e. The summed E-state index contributed by atoms with van der Waals surface area (Å²) in [6, 6.07) is 3.07. The lowest BCUT2D eigenvalue weighted by Gasteiger charge is -2.11. The van der Waals surface area contributed by atoms with Crippen LogP contribution in [0.1, 0.15) is 11.1 Å². The van der Waals surface area contributed by atoms with Gasteiger partial charge in [-0.15, -0.1) is 0 Å². The molecule has 2 heteroatoms. The van der Waals surface area contributed by atoms with Crippen LogP contribution in [0.5, 0.6) is 11.5 Å². The van der Waals surface area contributed by atoms with Crippen LogP contribution < -0.4 is 0 Å². The van der Waals surface area contributed by atoms with E-state index in [9.17, 15) is 10.2 Å². The van der Waals surface area contributed by atoms with Crippen LogP contribution in [0, 0.1) is 0 Å². The first-order valence-corrected chi connectivity index (χ1v) is 4.63. The third kappa shape index (κ3) is 1.51. The fourth-order valence-corrected chi connectivity index (χ4v) is 1.65. The van der Waals surface area contributed by atoms with Crippen LogP contribution in [0.3, 0.4) is 0 Å². The molecule has 0 spiro atoms. The molecule has 0 radical (unpaired) electrons. The van der Waals surface area contributed by atoms with Crippen LogP contribution in [0.2, 0.25) is 0 Å². The van der Waals surface area contributed by atoms with E-state index in [0.717, 1.165) is 11.1 Å². The Bertz CT molecular complexity index is 364. The van der Waals surface area contributed by atoms with Gasteiger partial charge in [0.25, 0.3) is 0 Å². The van der Waals surface area contributed by atoms with E-state index in [0.29, 0.717) is 12.8 Å². The molecule has 2 nitrogen and oxygen atoms in total.